The fourth-order valence-corrected chi connectivity index (χ4v) is 2.34. The molecule has 2 rings (SSSR count). The van der Waals surface area contributed by atoms with Gasteiger partial charge < -0.3 is 4.74 Å². The lowest BCUT2D eigenvalue weighted by Gasteiger charge is -2.07. The number of hydrogen-bond donors (Lipinski definition) is 0. The van der Waals surface area contributed by atoms with E-state index in [9.17, 15) is 4.79 Å². The van der Waals surface area contributed by atoms with Crippen LogP contribution in [0.25, 0.3) is 0 Å². The summed E-state index contributed by atoms with van der Waals surface area (Å²) in [5.41, 5.74) is 0.583. The third kappa shape index (κ3) is 3.96. The first-order valence-electron chi connectivity index (χ1n) is 5.43. The second-order valence-electron chi connectivity index (χ2n) is 3.80. The number of halogens is 3. The predicted molar refractivity (Wildman–Crippen MR) is 80.4 cm³/mol. The van der Waals surface area contributed by atoms with Gasteiger partial charge in [-0.25, -0.2) is 0 Å². The summed E-state index contributed by atoms with van der Waals surface area (Å²) in [5, 5.41) is 0.908. The van der Waals surface area contributed by atoms with Crippen LogP contribution < -0.4 is 4.74 Å². The molecule has 0 N–H and O–H groups in total. The lowest BCUT2D eigenvalue weighted by Crippen LogP contribution is -2.11. The van der Waals surface area contributed by atoms with Crippen molar-refractivity contribution >= 4 is 44.9 Å². The van der Waals surface area contributed by atoms with Gasteiger partial charge in [0.15, 0.2) is 12.4 Å². The van der Waals surface area contributed by atoms with Gasteiger partial charge in [-0.15, -0.1) is 0 Å². The Kier molecular flexibility index (Phi) is 4.86. The van der Waals surface area contributed by atoms with Crippen molar-refractivity contribution in [2.75, 3.05) is 6.61 Å². The van der Waals surface area contributed by atoms with Gasteiger partial charge >= 0.3 is 0 Å². The minimum absolute atomic E-state index is 0.0716. The quantitative estimate of drug-likeness (QED) is 0.716. The Bertz CT molecular complexity index is 614. The summed E-state index contributed by atoms with van der Waals surface area (Å²) >= 11 is 15.1. The maximum absolute atomic E-state index is 11.9. The first kappa shape index (κ1) is 14.4. The van der Waals surface area contributed by atoms with Gasteiger partial charge in [0.05, 0.1) is 5.02 Å². The summed E-state index contributed by atoms with van der Waals surface area (Å²) < 4.78 is 6.24. The van der Waals surface area contributed by atoms with Crippen LogP contribution in [0, 0.1) is 0 Å². The molecule has 0 saturated heterocycles. The molecule has 5 heteroatoms. The number of carbonyl (C=O) groups excluding carboxylic acids is 1. The van der Waals surface area contributed by atoms with Crippen molar-refractivity contribution < 1.29 is 9.53 Å². The normalized spacial score (nSPS) is 10.3. The van der Waals surface area contributed by atoms with Crippen molar-refractivity contribution in [3.05, 3.63) is 62.5 Å². The summed E-state index contributed by atoms with van der Waals surface area (Å²) in [6, 6.07) is 12.0. The van der Waals surface area contributed by atoms with Crippen molar-refractivity contribution in [2.24, 2.45) is 0 Å². The van der Waals surface area contributed by atoms with Crippen LogP contribution in [0.1, 0.15) is 10.4 Å². The zero-order valence-electron chi connectivity index (χ0n) is 9.70. The molecule has 2 nitrogen and oxygen atoms in total. The Hall–Kier alpha value is -1.03. The van der Waals surface area contributed by atoms with Crippen LogP contribution in [0.5, 0.6) is 5.75 Å². The molecule has 19 heavy (non-hydrogen) atoms. The second-order valence-corrected chi connectivity index (χ2v) is 5.56. The van der Waals surface area contributed by atoms with E-state index in [4.69, 9.17) is 27.9 Å². The van der Waals surface area contributed by atoms with Gasteiger partial charge in [-0.1, -0.05) is 51.3 Å². The van der Waals surface area contributed by atoms with E-state index in [0.717, 1.165) is 4.47 Å². The molecule has 0 bridgehead atoms. The molecule has 0 aromatic heterocycles. The number of hydrogen-bond acceptors (Lipinski definition) is 2. The molecule has 2 aromatic rings. The van der Waals surface area contributed by atoms with E-state index in [2.05, 4.69) is 15.9 Å². The van der Waals surface area contributed by atoms with E-state index in [1.165, 1.54) is 0 Å². The number of Topliss-reactive ketones (excluding diaryl/α,β-unsaturated/α-hetero) is 1. The fourth-order valence-electron chi connectivity index (χ4n) is 1.48. The van der Waals surface area contributed by atoms with E-state index < -0.39 is 0 Å². The molecule has 0 aliphatic rings. The van der Waals surface area contributed by atoms with Gasteiger partial charge in [-0.2, -0.15) is 0 Å². The average molecular weight is 360 g/mol. The number of ether oxygens (including phenoxy) is 1. The smallest absolute Gasteiger partial charge is 0.200 e. The van der Waals surface area contributed by atoms with Gasteiger partial charge in [0.25, 0.3) is 0 Å². The molecule has 0 spiro atoms. The van der Waals surface area contributed by atoms with Crippen molar-refractivity contribution in [2.45, 2.75) is 0 Å². The van der Waals surface area contributed by atoms with E-state index in [1.807, 2.05) is 6.07 Å². The topological polar surface area (TPSA) is 26.3 Å². The Morgan fingerprint density at radius 3 is 2.63 bits per heavy atom. The minimum atomic E-state index is -0.118. The third-order valence-electron chi connectivity index (χ3n) is 2.40. The standard InChI is InChI=1S/C14H9BrCl2O2/c15-10-3-1-2-9(6-10)13(18)8-19-14-5-4-11(16)7-12(14)17/h1-7H,8H2. The van der Waals surface area contributed by atoms with Crippen molar-refractivity contribution in [3.8, 4) is 5.75 Å². The highest BCUT2D eigenvalue weighted by Gasteiger charge is 2.09. The van der Waals surface area contributed by atoms with E-state index >= 15 is 0 Å². The number of benzene rings is 2. The minimum Gasteiger partial charge on any atom is -0.484 e. The monoisotopic (exact) mass is 358 g/mol. The summed E-state index contributed by atoms with van der Waals surface area (Å²) in [7, 11) is 0. The summed E-state index contributed by atoms with van der Waals surface area (Å²) in [4.78, 5) is 11.9. The number of ketones is 1. The van der Waals surface area contributed by atoms with Crippen LogP contribution in [0.4, 0.5) is 0 Å². The highest BCUT2D eigenvalue weighted by molar-refractivity contribution is 9.10. The summed E-state index contributed by atoms with van der Waals surface area (Å²) in [6.45, 7) is -0.0716. The van der Waals surface area contributed by atoms with Crippen LogP contribution in [-0.2, 0) is 0 Å². The maximum Gasteiger partial charge on any atom is 0.200 e. The van der Waals surface area contributed by atoms with Crippen LogP contribution in [-0.4, -0.2) is 12.4 Å². The fraction of sp³-hybridized carbons (Fsp3) is 0.0714. The van der Waals surface area contributed by atoms with Gasteiger partial charge in [-0.05, 0) is 30.3 Å². The molecule has 0 saturated carbocycles. The molecule has 0 fully saturated rings. The highest BCUT2D eigenvalue weighted by atomic mass is 79.9. The Morgan fingerprint density at radius 1 is 1.16 bits per heavy atom. The summed E-state index contributed by atoms with van der Waals surface area (Å²) in [5.74, 6) is 0.321. The molecule has 0 heterocycles. The molecule has 0 amide bonds. The van der Waals surface area contributed by atoms with Crippen LogP contribution in [0.2, 0.25) is 10.0 Å². The zero-order valence-corrected chi connectivity index (χ0v) is 12.8. The van der Waals surface area contributed by atoms with Crippen molar-refractivity contribution in [3.63, 3.8) is 0 Å². The molecule has 0 unspecified atom stereocenters. The van der Waals surface area contributed by atoms with Gasteiger partial charge in [-0.3, -0.25) is 4.79 Å². The molecule has 0 radical (unpaired) electrons. The predicted octanol–water partition coefficient (Wildman–Crippen LogP) is 5.02. The molecule has 98 valence electrons. The van der Waals surface area contributed by atoms with Gasteiger partial charge in [0.1, 0.15) is 5.75 Å². The lowest BCUT2D eigenvalue weighted by atomic mass is 10.1. The molecule has 2 aromatic carbocycles. The van der Waals surface area contributed by atoms with Crippen molar-refractivity contribution in [1.29, 1.82) is 0 Å². The lowest BCUT2D eigenvalue weighted by molar-refractivity contribution is 0.0921. The largest absolute Gasteiger partial charge is 0.484 e. The first-order chi connectivity index (χ1) is 9.06. The molecule has 0 atom stereocenters. The summed E-state index contributed by atoms with van der Waals surface area (Å²) in [6.07, 6.45) is 0. The van der Waals surface area contributed by atoms with Crippen LogP contribution in [0.3, 0.4) is 0 Å². The zero-order chi connectivity index (χ0) is 13.8. The van der Waals surface area contributed by atoms with Gasteiger partial charge in [0.2, 0.25) is 0 Å². The second kappa shape index (κ2) is 6.42. The molecule has 0 aliphatic heterocycles. The van der Waals surface area contributed by atoms with E-state index in [0.29, 0.717) is 21.4 Å². The molecular formula is C14H9BrCl2O2. The number of rotatable bonds is 4. The number of carbonyl (C=O) groups is 1. The molecular weight excluding hydrogens is 351 g/mol. The van der Waals surface area contributed by atoms with Crippen LogP contribution >= 0.6 is 39.1 Å². The highest BCUT2D eigenvalue weighted by Crippen LogP contribution is 2.27. The Balaban J connectivity index is 2.04. The van der Waals surface area contributed by atoms with Crippen LogP contribution in [0.15, 0.2) is 46.9 Å². The molecule has 0 aliphatic carbocycles. The van der Waals surface area contributed by atoms with Crippen molar-refractivity contribution in [1.82, 2.24) is 0 Å². The maximum atomic E-state index is 11.9. The average Bonchev–Trinajstić information content (AvgIpc) is 2.37. The van der Waals surface area contributed by atoms with E-state index in [1.54, 1.807) is 36.4 Å². The van der Waals surface area contributed by atoms with E-state index in [-0.39, 0.29) is 12.4 Å². The Morgan fingerprint density at radius 2 is 1.95 bits per heavy atom. The van der Waals surface area contributed by atoms with Gasteiger partial charge in [0, 0.05) is 15.1 Å². The first-order valence-corrected chi connectivity index (χ1v) is 6.98. The SMILES string of the molecule is O=C(COc1ccc(Cl)cc1Cl)c1cccc(Br)c1. The third-order valence-corrected chi connectivity index (χ3v) is 3.42. The Labute approximate surface area is 129 Å².